The smallest absolute Gasteiger partial charge is 0.0590 e. The van der Waals surface area contributed by atoms with E-state index in [0.717, 1.165) is 26.3 Å². The summed E-state index contributed by atoms with van der Waals surface area (Å²) >= 11 is 0. The zero-order valence-electron chi connectivity index (χ0n) is 10.3. The molecule has 0 unspecified atom stereocenters. The monoisotopic (exact) mass is 229 g/mol. The van der Waals surface area contributed by atoms with Crippen LogP contribution in [0, 0.1) is 0 Å². The van der Waals surface area contributed by atoms with E-state index in [1.54, 1.807) is 0 Å². The van der Waals surface area contributed by atoms with E-state index in [4.69, 9.17) is 4.74 Å². The second-order valence-corrected chi connectivity index (χ2v) is 4.06. The lowest BCUT2D eigenvalue weighted by atomic mass is 10.1. The van der Waals surface area contributed by atoms with Gasteiger partial charge in [0, 0.05) is 19.7 Å². The van der Waals surface area contributed by atoms with Crippen LogP contribution in [-0.4, -0.2) is 19.8 Å². The number of hydrogen-bond donors (Lipinski definition) is 1. The van der Waals surface area contributed by atoms with Crippen molar-refractivity contribution in [2.75, 3.05) is 19.8 Å². The first-order valence-corrected chi connectivity index (χ1v) is 6.16. The summed E-state index contributed by atoms with van der Waals surface area (Å²) in [7, 11) is 0. The summed E-state index contributed by atoms with van der Waals surface area (Å²) in [4.78, 5) is 0. The molecule has 0 spiro atoms. The Morgan fingerprint density at radius 3 is 2.71 bits per heavy atom. The Morgan fingerprint density at radius 1 is 1.06 bits per heavy atom. The fourth-order valence-electron chi connectivity index (χ4n) is 1.87. The molecule has 0 amide bonds. The Hall–Kier alpha value is -1.38. The second-order valence-electron chi connectivity index (χ2n) is 4.06. The molecule has 0 aromatic heterocycles. The van der Waals surface area contributed by atoms with Crippen LogP contribution >= 0.6 is 0 Å². The van der Waals surface area contributed by atoms with Gasteiger partial charge in [-0.15, -0.1) is 0 Å². The molecular weight excluding hydrogens is 210 g/mol. The highest BCUT2D eigenvalue weighted by Crippen LogP contribution is 2.15. The molecule has 0 fully saturated rings. The molecule has 2 nitrogen and oxygen atoms in total. The normalized spacial score (nSPS) is 10.9. The predicted molar refractivity (Wildman–Crippen MR) is 72.1 cm³/mol. The lowest BCUT2D eigenvalue weighted by Gasteiger charge is -2.06. The zero-order chi connectivity index (χ0) is 11.9. The van der Waals surface area contributed by atoms with Crippen LogP contribution in [0.15, 0.2) is 42.5 Å². The van der Waals surface area contributed by atoms with Crippen molar-refractivity contribution in [2.24, 2.45) is 0 Å². The number of rotatable bonds is 6. The maximum Gasteiger partial charge on any atom is 0.0590 e. The van der Waals surface area contributed by atoms with Crippen molar-refractivity contribution in [2.45, 2.75) is 13.5 Å². The third-order valence-corrected chi connectivity index (χ3v) is 2.77. The maximum atomic E-state index is 5.28. The minimum atomic E-state index is 0.782. The highest BCUT2D eigenvalue weighted by molar-refractivity contribution is 5.82. The lowest BCUT2D eigenvalue weighted by Crippen LogP contribution is -2.19. The summed E-state index contributed by atoms with van der Waals surface area (Å²) < 4.78 is 5.28. The summed E-state index contributed by atoms with van der Waals surface area (Å²) in [6, 6.07) is 15.0. The zero-order valence-corrected chi connectivity index (χ0v) is 10.3. The molecule has 17 heavy (non-hydrogen) atoms. The minimum Gasteiger partial charge on any atom is -0.380 e. The third-order valence-electron chi connectivity index (χ3n) is 2.77. The first-order valence-electron chi connectivity index (χ1n) is 6.16. The molecular formula is C15H19NO. The number of nitrogens with one attached hydrogen (secondary N) is 1. The van der Waals surface area contributed by atoms with E-state index in [-0.39, 0.29) is 0 Å². The van der Waals surface area contributed by atoms with Crippen LogP contribution in [0.4, 0.5) is 0 Å². The van der Waals surface area contributed by atoms with E-state index < -0.39 is 0 Å². The van der Waals surface area contributed by atoms with Gasteiger partial charge in [-0.25, -0.2) is 0 Å². The predicted octanol–water partition coefficient (Wildman–Crippen LogP) is 2.97. The summed E-state index contributed by atoms with van der Waals surface area (Å²) in [5.41, 5.74) is 1.32. The van der Waals surface area contributed by atoms with Gasteiger partial charge in [0.2, 0.25) is 0 Å². The van der Waals surface area contributed by atoms with Gasteiger partial charge in [0.15, 0.2) is 0 Å². The molecule has 0 saturated carbocycles. The van der Waals surface area contributed by atoms with Gasteiger partial charge in [-0.05, 0) is 29.3 Å². The van der Waals surface area contributed by atoms with E-state index in [1.165, 1.54) is 16.3 Å². The summed E-state index contributed by atoms with van der Waals surface area (Å²) in [5, 5.41) is 5.98. The van der Waals surface area contributed by atoms with Gasteiger partial charge in [-0.1, -0.05) is 36.4 Å². The van der Waals surface area contributed by atoms with E-state index in [0.29, 0.717) is 0 Å². The van der Waals surface area contributed by atoms with Crippen molar-refractivity contribution in [3.8, 4) is 0 Å². The van der Waals surface area contributed by atoms with Crippen LogP contribution in [0.5, 0.6) is 0 Å². The van der Waals surface area contributed by atoms with Gasteiger partial charge in [0.25, 0.3) is 0 Å². The molecule has 0 aliphatic rings. The molecule has 1 N–H and O–H groups in total. The quantitative estimate of drug-likeness (QED) is 0.769. The van der Waals surface area contributed by atoms with Crippen molar-refractivity contribution in [1.82, 2.24) is 5.32 Å². The first kappa shape index (κ1) is 12.1. The van der Waals surface area contributed by atoms with Crippen LogP contribution in [0.2, 0.25) is 0 Å². The van der Waals surface area contributed by atoms with Crippen molar-refractivity contribution in [3.05, 3.63) is 48.0 Å². The van der Waals surface area contributed by atoms with E-state index in [2.05, 4.69) is 47.8 Å². The Morgan fingerprint density at radius 2 is 1.88 bits per heavy atom. The molecule has 0 aliphatic carbocycles. The molecule has 0 saturated heterocycles. The number of ether oxygens (including phenoxy) is 1. The highest BCUT2D eigenvalue weighted by atomic mass is 16.5. The van der Waals surface area contributed by atoms with E-state index >= 15 is 0 Å². The van der Waals surface area contributed by atoms with Crippen LogP contribution < -0.4 is 5.32 Å². The summed E-state index contributed by atoms with van der Waals surface area (Å²) in [6.45, 7) is 5.39. The van der Waals surface area contributed by atoms with Gasteiger partial charge in [0.05, 0.1) is 6.61 Å². The van der Waals surface area contributed by atoms with E-state index in [1.807, 2.05) is 6.92 Å². The van der Waals surface area contributed by atoms with Crippen LogP contribution in [0.3, 0.4) is 0 Å². The maximum absolute atomic E-state index is 5.28. The molecule has 2 heteroatoms. The molecule has 2 aromatic carbocycles. The van der Waals surface area contributed by atoms with Crippen LogP contribution in [-0.2, 0) is 11.3 Å². The van der Waals surface area contributed by atoms with Crippen LogP contribution in [0.1, 0.15) is 12.5 Å². The lowest BCUT2D eigenvalue weighted by molar-refractivity contribution is 0.149. The van der Waals surface area contributed by atoms with Gasteiger partial charge >= 0.3 is 0 Å². The number of benzene rings is 2. The fourth-order valence-corrected chi connectivity index (χ4v) is 1.87. The summed E-state index contributed by atoms with van der Waals surface area (Å²) in [5.74, 6) is 0. The number of fused-ring (bicyclic) bond motifs is 1. The first-order chi connectivity index (χ1) is 8.40. The molecule has 0 atom stereocenters. The third kappa shape index (κ3) is 3.55. The molecule has 2 aromatic rings. The Kier molecular flexibility index (Phi) is 4.54. The average Bonchev–Trinajstić information content (AvgIpc) is 2.38. The SMILES string of the molecule is CCOCCNCc1ccc2ccccc2c1. The van der Waals surface area contributed by atoms with Crippen molar-refractivity contribution in [3.63, 3.8) is 0 Å². The Labute approximate surface area is 103 Å². The molecule has 0 radical (unpaired) electrons. The largest absolute Gasteiger partial charge is 0.380 e. The van der Waals surface area contributed by atoms with Crippen molar-refractivity contribution >= 4 is 10.8 Å². The summed E-state index contributed by atoms with van der Waals surface area (Å²) in [6.07, 6.45) is 0. The average molecular weight is 229 g/mol. The molecule has 0 bridgehead atoms. The molecule has 0 heterocycles. The van der Waals surface area contributed by atoms with Crippen LogP contribution in [0.25, 0.3) is 10.8 Å². The Bertz CT molecular complexity index is 467. The van der Waals surface area contributed by atoms with Gasteiger partial charge in [0.1, 0.15) is 0 Å². The molecule has 2 rings (SSSR count). The topological polar surface area (TPSA) is 21.3 Å². The van der Waals surface area contributed by atoms with Crippen molar-refractivity contribution < 1.29 is 4.74 Å². The van der Waals surface area contributed by atoms with Crippen molar-refractivity contribution in [1.29, 1.82) is 0 Å². The molecule has 90 valence electrons. The number of hydrogen-bond acceptors (Lipinski definition) is 2. The fraction of sp³-hybridized carbons (Fsp3) is 0.333. The standard InChI is InChI=1S/C15H19NO/c1-2-17-10-9-16-12-13-7-8-14-5-3-4-6-15(14)11-13/h3-8,11,16H,2,9-10,12H2,1H3. The second kappa shape index (κ2) is 6.38. The minimum absolute atomic E-state index is 0.782. The Balaban J connectivity index is 1.90. The van der Waals surface area contributed by atoms with Gasteiger partial charge in [-0.2, -0.15) is 0 Å². The highest BCUT2D eigenvalue weighted by Gasteiger charge is 1.95. The van der Waals surface area contributed by atoms with Gasteiger partial charge in [-0.3, -0.25) is 0 Å². The van der Waals surface area contributed by atoms with Gasteiger partial charge < -0.3 is 10.1 Å². The molecule has 0 aliphatic heterocycles. The van der Waals surface area contributed by atoms with E-state index in [9.17, 15) is 0 Å².